The van der Waals surface area contributed by atoms with Crippen molar-refractivity contribution in [3.63, 3.8) is 0 Å². The molecular formula is C17H19ClINO. The Morgan fingerprint density at radius 2 is 2.05 bits per heavy atom. The smallest absolute Gasteiger partial charge is 0.146 e. The molecule has 0 aromatic heterocycles. The van der Waals surface area contributed by atoms with E-state index in [2.05, 4.69) is 47.8 Å². The molecule has 21 heavy (non-hydrogen) atoms. The molecule has 0 bridgehead atoms. The highest BCUT2D eigenvalue weighted by Gasteiger charge is 2.09. The molecule has 2 rings (SSSR count). The molecule has 112 valence electrons. The zero-order valence-electron chi connectivity index (χ0n) is 12.2. The molecule has 1 N–H and O–H groups in total. The summed E-state index contributed by atoms with van der Waals surface area (Å²) in [5.41, 5.74) is 1.17. The first-order chi connectivity index (χ1) is 10.1. The van der Waals surface area contributed by atoms with E-state index in [9.17, 15) is 0 Å². The molecule has 0 radical (unpaired) electrons. The lowest BCUT2D eigenvalue weighted by molar-refractivity contribution is 0.481. The average Bonchev–Trinajstić information content (AvgIpc) is 2.47. The highest BCUT2D eigenvalue weighted by atomic mass is 127. The standard InChI is InChI=1S/C17H19ClINO/c1-3-9-20-12(2)13-7-8-17(16(18)10-13)21-15-6-4-5-14(19)11-15/h4-8,10-12,20H,3,9H2,1-2H3. The third kappa shape index (κ3) is 4.87. The lowest BCUT2D eigenvalue weighted by Gasteiger charge is -2.15. The summed E-state index contributed by atoms with van der Waals surface area (Å²) >= 11 is 8.60. The fourth-order valence-electron chi connectivity index (χ4n) is 2.01. The molecule has 0 spiro atoms. The van der Waals surface area contributed by atoms with Gasteiger partial charge in [0, 0.05) is 9.61 Å². The van der Waals surface area contributed by atoms with Gasteiger partial charge in [0.1, 0.15) is 11.5 Å². The Labute approximate surface area is 145 Å². The van der Waals surface area contributed by atoms with Crippen LogP contribution < -0.4 is 10.1 Å². The minimum absolute atomic E-state index is 0.286. The van der Waals surface area contributed by atoms with Crippen molar-refractivity contribution >= 4 is 34.2 Å². The number of hydrogen-bond acceptors (Lipinski definition) is 2. The third-order valence-corrected chi connectivity index (χ3v) is 4.15. The van der Waals surface area contributed by atoms with Crippen LogP contribution in [0.2, 0.25) is 5.02 Å². The average molecular weight is 416 g/mol. The topological polar surface area (TPSA) is 21.3 Å². The van der Waals surface area contributed by atoms with Gasteiger partial charge in [-0.05, 0) is 78.4 Å². The SMILES string of the molecule is CCCNC(C)c1ccc(Oc2cccc(I)c2)c(Cl)c1. The number of benzene rings is 2. The van der Waals surface area contributed by atoms with Gasteiger partial charge in [0.2, 0.25) is 0 Å². The molecular weight excluding hydrogens is 397 g/mol. The van der Waals surface area contributed by atoms with Crippen molar-refractivity contribution in [3.8, 4) is 11.5 Å². The van der Waals surface area contributed by atoms with E-state index in [0.29, 0.717) is 10.8 Å². The second kappa shape index (κ2) is 8.01. The van der Waals surface area contributed by atoms with Crippen LogP contribution in [0.5, 0.6) is 11.5 Å². The van der Waals surface area contributed by atoms with Crippen LogP contribution in [0.25, 0.3) is 0 Å². The lowest BCUT2D eigenvalue weighted by atomic mass is 10.1. The molecule has 0 aliphatic carbocycles. The van der Waals surface area contributed by atoms with Gasteiger partial charge in [-0.25, -0.2) is 0 Å². The van der Waals surface area contributed by atoms with Gasteiger partial charge in [0.15, 0.2) is 0 Å². The Kier molecular flexibility index (Phi) is 6.33. The zero-order chi connectivity index (χ0) is 15.2. The first-order valence-electron chi connectivity index (χ1n) is 7.06. The van der Waals surface area contributed by atoms with Gasteiger partial charge in [-0.1, -0.05) is 30.7 Å². The summed E-state index contributed by atoms with van der Waals surface area (Å²) in [7, 11) is 0. The van der Waals surface area contributed by atoms with Gasteiger partial charge in [0.05, 0.1) is 5.02 Å². The minimum atomic E-state index is 0.286. The molecule has 4 heteroatoms. The summed E-state index contributed by atoms with van der Waals surface area (Å²) in [6.45, 7) is 5.30. The number of rotatable bonds is 6. The van der Waals surface area contributed by atoms with Crippen molar-refractivity contribution < 1.29 is 4.74 Å². The highest BCUT2D eigenvalue weighted by Crippen LogP contribution is 2.32. The van der Waals surface area contributed by atoms with Crippen LogP contribution >= 0.6 is 34.2 Å². The van der Waals surface area contributed by atoms with Crippen LogP contribution in [-0.4, -0.2) is 6.54 Å². The van der Waals surface area contributed by atoms with E-state index < -0.39 is 0 Å². The molecule has 2 nitrogen and oxygen atoms in total. The van der Waals surface area contributed by atoms with Gasteiger partial charge in [0.25, 0.3) is 0 Å². The summed E-state index contributed by atoms with van der Waals surface area (Å²) in [6, 6.07) is 14.2. The molecule has 2 aromatic rings. The van der Waals surface area contributed by atoms with Crippen molar-refractivity contribution in [1.82, 2.24) is 5.32 Å². The predicted octanol–water partition coefficient (Wildman–Crippen LogP) is 5.80. The van der Waals surface area contributed by atoms with Gasteiger partial charge in [-0.15, -0.1) is 0 Å². The van der Waals surface area contributed by atoms with Crippen LogP contribution in [-0.2, 0) is 0 Å². The van der Waals surface area contributed by atoms with Crippen LogP contribution in [0.15, 0.2) is 42.5 Å². The van der Waals surface area contributed by atoms with E-state index in [1.54, 1.807) is 0 Å². The van der Waals surface area contributed by atoms with Gasteiger partial charge < -0.3 is 10.1 Å². The van der Waals surface area contributed by atoms with Crippen molar-refractivity contribution in [2.24, 2.45) is 0 Å². The highest BCUT2D eigenvalue weighted by molar-refractivity contribution is 14.1. The Bertz CT molecular complexity index is 603. The molecule has 2 aromatic carbocycles. The Morgan fingerprint density at radius 3 is 2.71 bits per heavy atom. The fourth-order valence-corrected chi connectivity index (χ4v) is 2.75. The summed E-state index contributed by atoms with van der Waals surface area (Å²) < 4.78 is 6.98. The van der Waals surface area contributed by atoms with Gasteiger partial charge in [-0.3, -0.25) is 0 Å². The molecule has 0 heterocycles. The Balaban J connectivity index is 2.12. The van der Waals surface area contributed by atoms with E-state index in [4.69, 9.17) is 16.3 Å². The number of nitrogens with one attached hydrogen (secondary N) is 1. The number of hydrogen-bond donors (Lipinski definition) is 1. The van der Waals surface area contributed by atoms with Crippen molar-refractivity contribution in [1.29, 1.82) is 0 Å². The van der Waals surface area contributed by atoms with Crippen molar-refractivity contribution in [3.05, 3.63) is 56.6 Å². The van der Waals surface area contributed by atoms with E-state index >= 15 is 0 Å². The van der Waals surface area contributed by atoms with Crippen LogP contribution in [0.1, 0.15) is 31.9 Å². The number of halogens is 2. The maximum Gasteiger partial charge on any atom is 0.146 e. The molecule has 0 aliphatic rings. The van der Waals surface area contributed by atoms with Crippen LogP contribution in [0.4, 0.5) is 0 Å². The van der Waals surface area contributed by atoms with Gasteiger partial charge >= 0.3 is 0 Å². The lowest BCUT2D eigenvalue weighted by Crippen LogP contribution is -2.19. The largest absolute Gasteiger partial charge is 0.456 e. The molecule has 1 unspecified atom stereocenters. The summed E-state index contributed by atoms with van der Waals surface area (Å²) in [6.07, 6.45) is 1.12. The van der Waals surface area contributed by atoms with Crippen LogP contribution in [0, 0.1) is 3.57 Å². The monoisotopic (exact) mass is 415 g/mol. The quantitative estimate of drug-likeness (QED) is 0.602. The Morgan fingerprint density at radius 1 is 1.24 bits per heavy atom. The molecule has 0 amide bonds. The van der Waals surface area contributed by atoms with E-state index in [1.807, 2.05) is 36.4 Å². The first-order valence-corrected chi connectivity index (χ1v) is 8.52. The maximum absolute atomic E-state index is 6.34. The summed E-state index contributed by atoms with van der Waals surface area (Å²) in [4.78, 5) is 0. The predicted molar refractivity (Wildman–Crippen MR) is 97.4 cm³/mol. The first kappa shape index (κ1) is 16.6. The molecule has 0 saturated heterocycles. The summed E-state index contributed by atoms with van der Waals surface area (Å²) in [5, 5.41) is 4.09. The summed E-state index contributed by atoms with van der Waals surface area (Å²) in [5.74, 6) is 1.49. The fraction of sp³-hybridized carbons (Fsp3) is 0.294. The number of ether oxygens (including phenoxy) is 1. The minimum Gasteiger partial charge on any atom is -0.456 e. The molecule has 0 fully saturated rings. The second-order valence-electron chi connectivity index (χ2n) is 4.93. The normalized spacial score (nSPS) is 12.2. The van der Waals surface area contributed by atoms with E-state index in [0.717, 1.165) is 22.3 Å². The third-order valence-electron chi connectivity index (χ3n) is 3.18. The molecule has 1 atom stereocenters. The second-order valence-corrected chi connectivity index (χ2v) is 6.58. The zero-order valence-corrected chi connectivity index (χ0v) is 15.1. The molecule has 0 saturated carbocycles. The van der Waals surface area contributed by atoms with E-state index in [1.165, 1.54) is 5.56 Å². The van der Waals surface area contributed by atoms with Gasteiger partial charge in [-0.2, -0.15) is 0 Å². The molecule has 0 aliphatic heterocycles. The van der Waals surface area contributed by atoms with Crippen molar-refractivity contribution in [2.45, 2.75) is 26.3 Å². The Hall–Kier alpha value is -0.780. The maximum atomic E-state index is 6.34. The van der Waals surface area contributed by atoms with E-state index in [-0.39, 0.29) is 6.04 Å². The van der Waals surface area contributed by atoms with Crippen LogP contribution in [0.3, 0.4) is 0 Å². The van der Waals surface area contributed by atoms with Crippen molar-refractivity contribution in [2.75, 3.05) is 6.54 Å².